The summed E-state index contributed by atoms with van der Waals surface area (Å²) in [6, 6.07) is 2.21. The van der Waals surface area contributed by atoms with E-state index in [9.17, 15) is 0 Å². The number of oxime groups is 1. The number of hydrogen-bond donors (Lipinski definition) is 1. The molecule has 13 heavy (non-hydrogen) atoms. The van der Waals surface area contributed by atoms with Crippen LogP contribution in [0.25, 0.3) is 0 Å². The third-order valence-electron chi connectivity index (χ3n) is 3.45. The average molecular weight is 176 g/mol. The summed E-state index contributed by atoms with van der Waals surface area (Å²) in [6.07, 6.45) is 0. The van der Waals surface area contributed by atoms with Crippen molar-refractivity contribution in [3.63, 3.8) is 0 Å². The second-order valence-electron chi connectivity index (χ2n) is 4.41. The molecular formula is C10H12N2O. The lowest BCUT2D eigenvalue weighted by Crippen LogP contribution is -2.08. The largest absolute Gasteiger partial charge is 0.411 e. The molecule has 2 atom stereocenters. The fourth-order valence-corrected chi connectivity index (χ4v) is 2.58. The van der Waals surface area contributed by atoms with E-state index in [2.05, 4.69) is 25.1 Å². The Hall–Kier alpha value is -1.30. The van der Waals surface area contributed by atoms with E-state index in [0.29, 0.717) is 11.6 Å². The molecule has 1 saturated carbocycles. The predicted octanol–water partition coefficient (Wildman–Crippen LogP) is 1.94. The Morgan fingerprint density at radius 2 is 2.08 bits per heavy atom. The highest BCUT2D eigenvalue weighted by molar-refractivity contribution is 6.08. The topological polar surface area (TPSA) is 56.4 Å². The Morgan fingerprint density at radius 3 is 2.38 bits per heavy atom. The quantitative estimate of drug-likeness (QED) is 0.453. The van der Waals surface area contributed by atoms with Gasteiger partial charge in [0.15, 0.2) is 0 Å². The molecule has 0 aromatic heterocycles. The minimum absolute atomic E-state index is 0.117. The number of rotatable bonds is 0. The maximum atomic E-state index is 8.93. The van der Waals surface area contributed by atoms with E-state index < -0.39 is 0 Å². The van der Waals surface area contributed by atoms with Gasteiger partial charge in [-0.15, -0.1) is 0 Å². The number of allylic oxidation sites excluding steroid dienone is 2. The molecule has 2 rings (SSSR count). The fourth-order valence-electron chi connectivity index (χ4n) is 2.58. The van der Waals surface area contributed by atoms with Crippen LogP contribution in [0.4, 0.5) is 0 Å². The van der Waals surface area contributed by atoms with Gasteiger partial charge in [0.1, 0.15) is 0 Å². The highest BCUT2D eigenvalue weighted by Crippen LogP contribution is 2.67. The maximum Gasteiger partial charge on any atom is 0.0954 e. The highest BCUT2D eigenvalue weighted by atomic mass is 16.4. The molecule has 2 aliphatic carbocycles. The number of fused-ring (bicyclic) bond motifs is 1. The Balaban J connectivity index is 2.51. The Morgan fingerprint density at radius 1 is 1.46 bits per heavy atom. The molecule has 2 aliphatic rings. The standard InChI is InChI=1S/C10H12N2O/c1-5-6(4-11)7-8(9(5)12-13)10(7,2)3/h7-8,13H,1-3H3/b12-9-/t7-,8-/m1/s1. The molecule has 0 amide bonds. The lowest BCUT2D eigenvalue weighted by molar-refractivity contribution is 0.316. The summed E-state index contributed by atoms with van der Waals surface area (Å²) in [5.74, 6) is 0.565. The van der Waals surface area contributed by atoms with E-state index in [-0.39, 0.29) is 11.3 Å². The van der Waals surface area contributed by atoms with Crippen LogP contribution in [-0.4, -0.2) is 10.9 Å². The van der Waals surface area contributed by atoms with Gasteiger partial charge in [-0.1, -0.05) is 19.0 Å². The van der Waals surface area contributed by atoms with Crippen molar-refractivity contribution in [3.8, 4) is 6.07 Å². The molecule has 1 N–H and O–H groups in total. The summed E-state index contributed by atoms with van der Waals surface area (Å²) < 4.78 is 0. The summed E-state index contributed by atoms with van der Waals surface area (Å²) in [6.45, 7) is 6.07. The molecular weight excluding hydrogens is 164 g/mol. The lowest BCUT2D eigenvalue weighted by atomic mass is 9.95. The second kappa shape index (κ2) is 2.14. The van der Waals surface area contributed by atoms with Crippen LogP contribution in [0.1, 0.15) is 20.8 Å². The molecule has 0 aromatic rings. The van der Waals surface area contributed by atoms with Gasteiger partial charge in [-0.05, 0) is 17.9 Å². The van der Waals surface area contributed by atoms with E-state index >= 15 is 0 Å². The Kier molecular flexibility index (Phi) is 1.37. The first kappa shape index (κ1) is 8.31. The van der Waals surface area contributed by atoms with Crippen LogP contribution < -0.4 is 0 Å². The number of nitrogens with zero attached hydrogens (tertiary/aromatic N) is 2. The summed E-state index contributed by atoms with van der Waals surface area (Å²) in [7, 11) is 0. The Bertz CT molecular complexity index is 371. The zero-order valence-electron chi connectivity index (χ0n) is 8.00. The summed E-state index contributed by atoms with van der Waals surface area (Å²) in [5.41, 5.74) is 2.51. The van der Waals surface area contributed by atoms with Crippen LogP contribution in [0.15, 0.2) is 16.3 Å². The number of nitriles is 1. The van der Waals surface area contributed by atoms with Crippen molar-refractivity contribution >= 4 is 5.71 Å². The predicted molar refractivity (Wildman–Crippen MR) is 48.3 cm³/mol. The smallest absolute Gasteiger partial charge is 0.0954 e. The monoisotopic (exact) mass is 176 g/mol. The third kappa shape index (κ3) is 0.757. The lowest BCUT2D eigenvalue weighted by Gasteiger charge is -2.09. The van der Waals surface area contributed by atoms with Crippen LogP contribution in [0.2, 0.25) is 0 Å². The van der Waals surface area contributed by atoms with Crippen LogP contribution in [-0.2, 0) is 0 Å². The molecule has 3 nitrogen and oxygen atoms in total. The zero-order chi connectivity index (χ0) is 9.80. The molecule has 1 fully saturated rings. The maximum absolute atomic E-state index is 8.93. The van der Waals surface area contributed by atoms with Crippen LogP contribution in [0, 0.1) is 28.6 Å². The first-order valence-electron chi connectivity index (χ1n) is 4.39. The van der Waals surface area contributed by atoms with Gasteiger partial charge in [0.2, 0.25) is 0 Å². The average Bonchev–Trinajstić information content (AvgIpc) is 2.52. The van der Waals surface area contributed by atoms with Crippen LogP contribution in [0.5, 0.6) is 0 Å². The van der Waals surface area contributed by atoms with Gasteiger partial charge in [-0.2, -0.15) is 5.26 Å². The molecule has 0 unspecified atom stereocenters. The summed E-state index contributed by atoms with van der Waals surface area (Å²) >= 11 is 0. The van der Waals surface area contributed by atoms with E-state index in [0.717, 1.165) is 11.1 Å². The van der Waals surface area contributed by atoms with E-state index in [4.69, 9.17) is 10.5 Å². The van der Waals surface area contributed by atoms with Gasteiger partial charge >= 0.3 is 0 Å². The van der Waals surface area contributed by atoms with Crippen molar-refractivity contribution in [3.05, 3.63) is 11.1 Å². The van der Waals surface area contributed by atoms with Gasteiger partial charge in [0.05, 0.1) is 11.8 Å². The molecule has 0 spiro atoms. The van der Waals surface area contributed by atoms with Gasteiger partial charge in [-0.25, -0.2) is 0 Å². The zero-order valence-corrected chi connectivity index (χ0v) is 8.00. The first-order chi connectivity index (χ1) is 6.05. The van der Waals surface area contributed by atoms with E-state index in [1.807, 2.05) is 6.92 Å². The van der Waals surface area contributed by atoms with Crippen molar-refractivity contribution in [1.82, 2.24) is 0 Å². The van der Waals surface area contributed by atoms with Crippen molar-refractivity contribution in [2.24, 2.45) is 22.4 Å². The SMILES string of the molecule is CC1=C(C#N)[C@@H]2[C@H](/C1=N\O)C2(C)C. The minimum atomic E-state index is 0.117. The molecule has 0 aliphatic heterocycles. The molecule has 0 aromatic carbocycles. The van der Waals surface area contributed by atoms with Gasteiger partial charge in [0, 0.05) is 17.4 Å². The normalized spacial score (nSPS) is 37.5. The Labute approximate surface area is 77.4 Å². The van der Waals surface area contributed by atoms with E-state index in [1.165, 1.54) is 0 Å². The van der Waals surface area contributed by atoms with Crippen molar-refractivity contribution in [2.75, 3.05) is 0 Å². The van der Waals surface area contributed by atoms with Crippen molar-refractivity contribution < 1.29 is 5.21 Å². The third-order valence-corrected chi connectivity index (χ3v) is 3.45. The minimum Gasteiger partial charge on any atom is -0.411 e. The highest BCUT2D eigenvalue weighted by Gasteiger charge is 2.66. The summed E-state index contributed by atoms with van der Waals surface area (Å²) in [5, 5.41) is 21.1. The molecule has 68 valence electrons. The second-order valence-corrected chi connectivity index (χ2v) is 4.41. The molecule has 0 radical (unpaired) electrons. The molecule has 0 saturated heterocycles. The fraction of sp³-hybridized carbons (Fsp3) is 0.600. The van der Waals surface area contributed by atoms with Gasteiger partial charge in [-0.3, -0.25) is 0 Å². The van der Waals surface area contributed by atoms with Crippen molar-refractivity contribution in [2.45, 2.75) is 20.8 Å². The molecule has 0 bridgehead atoms. The van der Waals surface area contributed by atoms with Gasteiger partial charge < -0.3 is 5.21 Å². The first-order valence-corrected chi connectivity index (χ1v) is 4.39. The van der Waals surface area contributed by atoms with Gasteiger partial charge in [0.25, 0.3) is 0 Å². The summed E-state index contributed by atoms with van der Waals surface area (Å²) in [4.78, 5) is 0. The van der Waals surface area contributed by atoms with E-state index in [1.54, 1.807) is 0 Å². The molecule has 3 heteroatoms. The van der Waals surface area contributed by atoms with Crippen molar-refractivity contribution in [1.29, 1.82) is 5.26 Å². The van der Waals surface area contributed by atoms with Crippen LogP contribution in [0.3, 0.4) is 0 Å². The number of hydrogen-bond acceptors (Lipinski definition) is 3. The van der Waals surface area contributed by atoms with Crippen LogP contribution >= 0.6 is 0 Å². The molecule has 0 heterocycles.